The zero-order valence-electron chi connectivity index (χ0n) is 11.7. The van der Waals surface area contributed by atoms with Gasteiger partial charge in [0.25, 0.3) is 5.95 Å². The minimum absolute atomic E-state index is 0.129. The minimum Gasteiger partial charge on any atom is -0.382 e. The van der Waals surface area contributed by atoms with Gasteiger partial charge in [-0.25, -0.2) is 10.8 Å². The van der Waals surface area contributed by atoms with Gasteiger partial charge in [0.1, 0.15) is 12.7 Å². The van der Waals surface area contributed by atoms with Crippen LogP contribution in [0.2, 0.25) is 0 Å². The number of ether oxygens (including phenoxy) is 2. The monoisotopic (exact) mass is 295 g/mol. The van der Waals surface area contributed by atoms with E-state index in [1.54, 1.807) is 14.2 Å². The Morgan fingerprint density at radius 3 is 2.71 bits per heavy atom. The van der Waals surface area contributed by atoms with Crippen LogP contribution in [0.15, 0.2) is 12.7 Å². The van der Waals surface area contributed by atoms with Crippen LogP contribution in [0, 0.1) is 0 Å². The number of methoxy groups -OCH3 is 2. The van der Waals surface area contributed by atoms with Gasteiger partial charge in [0.05, 0.1) is 12.7 Å². The number of anilines is 2. The van der Waals surface area contributed by atoms with Gasteiger partial charge in [-0.05, 0) is 0 Å². The molecule has 2 rings (SSSR count). The van der Waals surface area contributed by atoms with Crippen molar-refractivity contribution in [2.75, 3.05) is 38.1 Å². The Bertz CT molecular complexity index is 547. The summed E-state index contributed by atoms with van der Waals surface area (Å²) in [5.41, 5.74) is 2.38. The van der Waals surface area contributed by atoms with Crippen LogP contribution < -0.4 is 16.6 Å². The van der Waals surface area contributed by atoms with E-state index in [1.807, 2.05) is 0 Å². The lowest BCUT2D eigenvalue weighted by Crippen LogP contribution is -2.27. The van der Waals surface area contributed by atoms with Gasteiger partial charge in [0.2, 0.25) is 11.9 Å². The fourth-order valence-corrected chi connectivity index (χ4v) is 1.52. The topological polar surface area (TPSA) is 138 Å². The second-order valence-electron chi connectivity index (χ2n) is 3.96. The first-order valence-electron chi connectivity index (χ1n) is 6.10. The second-order valence-corrected chi connectivity index (χ2v) is 3.96. The maximum atomic E-state index is 5.35. The van der Waals surface area contributed by atoms with Crippen LogP contribution in [0.5, 0.6) is 0 Å². The van der Waals surface area contributed by atoms with Crippen molar-refractivity contribution in [3.05, 3.63) is 12.7 Å². The maximum Gasteiger partial charge on any atom is 0.258 e. The Labute approximate surface area is 120 Å². The van der Waals surface area contributed by atoms with Crippen molar-refractivity contribution in [3.63, 3.8) is 0 Å². The lowest BCUT2D eigenvalue weighted by molar-refractivity contribution is 0.0365. The van der Waals surface area contributed by atoms with Gasteiger partial charge in [-0.15, -0.1) is 0 Å². The molecule has 2 heterocycles. The molecule has 0 fully saturated rings. The molecular weight excluding hydrogens is 278 g/mol. The van der Waals surface area contributed by atoms with E-state index in [0.29, 0.717) is 25.0 Å². The van der Waals surface area contributed by atoms with Crippen LogP contribution in [0.25, 0.3) is 5.95 Å². The Hall–Kier alpha value is -2.37. The highest BCUT2D eigenvalue weighted by Gasteiger charge is 2.11. The predicted octanol–water partition coefficient (Wildman–Crippen LogP) is -1.19. The molecule has 0 radical (unpaired) electrons. The van der Waals surface area contributed by atoms with Crippen LogP contribution in [0.3, 0.4) is 0 Å². The Morgan fingerprint density at radius 2 is 2.10 bits per heavy atom. The van der Waals surface area contributed by atoms with Crippen molar-refractivity contribution in [1.82, 2.24) is 29.7 Å². The van der Waals surface area contributed by atoms with Gasteiger partial charge < -0.3 is 14.8 Å². The van der Waals surface area contributed by atoms with Crippen molar-refractivity contribution in [2.45, 2.75) is 6.10 Å². The number of rotatable bonds is 8. The number of hydrogen-bond acceptors (Lipinski definition) is 10. The minimum atomic E-state index is -0.129. The highest BCUT2D eigenvalue weighted by atomic mass is 16.5. The molecule has 114 valence electrons. The summed E-state index contributed by atoms with van der Waals surface area (Å²) in [4.78, 5) is 16.2. The molecule has 11 nitrogen and oxygen atoms in total. The molecule has 1 unspecified atom stereocenters. The Kier molecular flexibility index (Phi) is 5.31. The molecule has 0 spiro atoms. The van der Waals surface area contributed by atoms with Crippen LogP contribution in [0.1, 0.15) is 0 Å². The maximum absolute atomic E-state index is 5.35. The first-order chi connectivity index (χ1) is 10.3. The third kappa shape index (κ3) is 4.05. The SMILES string of the molecule is COCC(CNc1nc(NN)nc(-n2cncn2)n1)OC. The van der Waals surface area contributed by atoms with Gasteiger partial charge in [0.15, 0.2) is 0 Å². The van der Waals surface area contributed by atoms with E-state index in [1.165, 1.54) is 17.3 Å². The summed E-state index contributed by atoms with van der Waals surface area (Å²) in [5, 5.41) is 6.99. The van der Waals surface area contributed by atoms with Gasteiger partial charge >= 0.3 is 0 Å². The number of hydrogen-bond donors (Lipinski definition) is 3. The van der Waals surface area contributed by atoms with Gasteiger partial charge in [-0.1, -0.05) is 0 Å². The Morgan fingerprint density at radius 1 is 1.29 bits per heavy atom. The van der Waals surface area contributed by atoms with Crippen molar-refractivity contribution in [1.29, 1.82) is 0 Å². The average Bonchev–Trinajstić information content (AvgIpc) is 3.05. The number of nitrogens with zero attached hydrogens (tertiary/aromatic N) is 6. The van der Waals surface area contributed by atoms with Crippen LogP contribution in [-0.2, 0) is 9.47 Å². The van der Waals surface area contributed by atoms with Gasteiger partial charge in [-0.2, -0.15) is 24.7 Å². The van der Waals surface area contributed by atoms with E-state index in [2.05, 4.69) is 35.8 Å². The van der Waals surface area contributed by atoms with Crippen LogP contribution in [-0.4, -0.2) is 63.2 Å². The molecular formula is C10H17N9O2. The number of nitrogens with two attached hydrogens (primary N) is 1. The molecule has 0 aliphatic carbocycles. The molecule has 2 aromatic rings. The van der Waals surface area contributed by atoms with Crippen molar-refractivity contribution in [3.8, 4) is 5.95 Å². The zero-order valence-corrected chi connectivity index (χ0v) is 11.7. The third-order valence-electron chi connectivity index (χ3n) is 2.55. The van der Waals surface area contributed by atoms with Crippen molar-refractivity contribution in [2.24, 2.45) is 5.84 Å². The fraction of sp³-hybridized carbons (Fsp3) is 0.500. The number of aromatic nitrogens is 6. The van der Waals surface area contributed by atoms with E-state index >= 15 is 0 Å². The molecule has 0 amide bonds. The van der Waals surface area contributed by atoms with Crippen LogP contribution in [0.4, 0.5) is 11.9 Å². The predicted molar refractivity (Wildman–Crippen MR) is 73.7 cm³/mol. The molecule has 1 atom stereocenters. The molecule has 21 heavy (non-hydrogen) atoms. The molecule has 4 N–H and O–H groups in total. The number of nitrogen functional groups attached to an aromatic ring is 1. The molecule has 0 bridgehead atoms. The van der Waals surface area contributed by atoms with Gasteiger partial charge in [-0.3, -0.25) is 5.43 Å². The number of nitrogens with one attached hydrogen (secondary N) is 2. The quantitative estimate of drug-likeness (QED) is 0.402. The lowest BCUT2D eigenvalue weighted by atomic mass is 10.4. The zero-order chi connectivity index (χ0) is 15.1. The van der Waals surface area contributed by atoms with E-state index in [4.69, 9.17) is 15.3 Å². The lowest BCUT2D eigenvalue weighted by Gasteiger charge is -2.15. The summed E-state index contributed by atoms with van der Waals surface area (Å²) in [5.74, 6) is 6.18. The molecule has 0 saturated heterocycles. The summed E-state index contributed by atoms with van der Waals surface area (Å²) in [6.07, 6.45) is 2.73. The summed E-state index contributed by atoms with van der Waals surface area (Å²) < 4.78 is 11.7. The number of hydrazine groups is 1. The van der Waals surface area contributed by atoms with Crippen molar-refractivity contribution < 1.29 is 9.47 Å². The van der Waals surface area contributed by atoms with Gasteiger partial charge in [0, 0.05) is 20.8 Å². The highest BCUT2D eigenvalue weighted by Crippen LogP contribution is 2.07. The molecule has 2 aromatic heterocycles. The molecule has 11 heteroatoms. The highest BCUT2D eigenvalue weighted by molar-refractivity contribution is 5.36. The molecule has 0 saturated carbocycles. The van der Waals surface area contributed by atoms with E-state index in [0.717, 1.165) is 0 Å². The summed E-state index contributed by atoms with van der Waals surface area (Å²) in [6.45, 7) is 0.918. The largest absolute Gasteiger partial charge is 0.382 e. The smallest absolute Gasteiger partial charge is 0.258 e. The van der Waals surface area contributed by atoms with Crippen molar-refractivity contribution >= 4 is 11.9 Å². The fourth-order valence-electron chi connectivity index (χ4n) is 1.52. The second kappa shape index (κ2) is 7.42. The Balaban J connectivity index is 2.13. The van der Waals surface area contributed by atoms with E-state index in [9.17, 15) is 0 Å². The first kappa shape index (κ1) is 15.0. The molecule has 0 aliphatic rings. The standard InChI is InChI=1S/C10H17N9O2/c1-20-4-7(21-2)3-13-8-15-9(18-11)17-10(16-8)19-6-12-5-14-19/h5-7H,3-4,11H2,1-2H3,(H2,13,15,16,17,18). The molecule has 0 aromatic carbocycles. The molecule has 0 aliphatic heterocycles. The van der Waals surface area contributed by atoms with E-state index < -0.39 is 0 Å². The third-order valence-corrected chi connectivity index (χ3v) is 2.55. The normalized spacial score (nSPS) is 12.1. The first-order valence-corrected chi connectivity index (χ1v) is 6.10. The average molecular weight is 295 g/mol. The van der Waals surface area contributed by atoms with E-state index in [-0.39, 0.29) is 12.1 Å². The summed E-state index contributed by atoms with van der Waals surface area (Å²) >= 11 is 0. The summed E-state index contributed by atoms with van der Waals surface area (Å²) in [7, 11) is 3.21. The summed E-state index contributed by atoms with van der Waals surface area (Å²) in [6, 6.07) is 0. The van der Waals surface area contributed by atoms with Crippen LogP contribution >= 0.6 is 0 Å².